The lowest BCUT2D eigenvalue weighted by molar-refractivity contribution is 0.601. The Morgan fingerprint density at radius 3 is 2.80 bits per heavy atom. The van der Waals surface area contributed by atoms with Gasteiger partial charge in [0.2, 0.25) is 0 Å². The maximum Gasteiger partial charge on any atom is 0.151 e. The van der Waals surface area contributed by atoms with Crippen LogP contribution >= 0.6 is 0 Å². The van der Waals surface area contributed by atoms with Crippen molar-refractivity contribution in [2.75, 3.05) is 12.0 Å². The molecule has 0 aliphatic rings. The van der Waals surface area contributed by atoms with Gasteiger partial charge in [0, 0.05) is 29.0 Å². The predicted octanol–water partition coefficient (Wildman–Crippen LogP) is 1.29. The molecule has 2 aromatic rings. The monoisotopic (exact) mass is 224 g/mol. The Hall–Kier alpha value is -1.49. The van der Waals surface area contributed by atoms with Crippen LogP contribution in [0.2, 0.25) is 0 Å². The van der Waals surface area contributed by atoms with Crippen molar-refractivity contribution < 1.29 is 8.42 Å². The summed E-state index contributed by atoms with van der Waals surface area (Å²) in [6, 6.07) is 5.39. The van der Waals surface area contributed by atoms with E-state index in [0.29, 0.717) is 5.69 Å². The van der Waals surface area contributed by atoms with Crippen molar-refractivity contribution in [1.29, 1.82) is 0 Å². The first-order valence-electron chi connectivity index (χ1n) is 4.49. The predicted molar refractivity (Wildman–Crippen MR) is 61.3 cm³/mol. The highest BCUT2D eigenvalue weighted by Crippen LogP contribution is 2.21. The van der Waals surface area contributed by atoms with Gasteiger partial charge >= 0.3 is 0 Å². The topological polar surface area (TPSA) is 76.0 Å². The molecule has 2 rings (SSSR count). The van der Waals surface area contributed by atoms with Gasteiger partial charge in [-0.15, -0.1) is 0 Å². The number of nitrogens with one attached hydrogen (secondary N) is 1. The summed E-state index contributed by atoms with van der Waals surface area (Å²) in [4.78, 5) is 3.01. The van der Waals surface area contributed by atoms with Gasteiger partial charge in [0.05, 0.1) is 5.75 Å². The van der Waals surface area contributed by atoms with Gasteiger partial charge in [0.1, 0.15) is 0 Å². The Kier molecular flexibility index (Phi) is 2.19. The van der Waals surface area contributed by atoms with E-state index >= 15 is 0 Å². The molecule has 15 heavy (non-hydrogen) atoms. The number of nitrogen functional groups attached to an aromatic ring is 1. The third-order valence-corrected chi connectivity index (χ3v) is 3.04. The number of H-pyrrole nitrogens is 1. The van der Waals surface area contributed by atoms with Gasteiger partial charge in [-0.25, -0.2) is 8.42 Å². The molecule has 0 fully saturated rings. The van der Waals surface area contributed by atoms with Crippen LogP contribution in [0.25, 0.3) is 10.9 Å². The van der Waals surface area contributed by atoms with Crippen LogP contribution in [0.3, 0.4) is 0 Å². The van der Waals surface area contributed by atoms with Crippen LogP contribution in [0.5, 0.6) is 0 Å². The first-order chi connectivity index (χ1) is 6.96. The van der Waals surface area contributed by atoms with E-state index in [4.69, 9.17) is 5.73 Å². The minimum Gasteiger partial charge on any atom is -0.399 e. The number of hydrogen-bond donors (Lipinski definition) is 2. The van der Waals surface area contributed by atoms with Crippen molar-refractivity contribution in [2.24, 2.45) is 0 Å². The normalized spacial score (nSPS) is 12.1. The fraction of sp³-hybridized carbons (Fsp3) is 0.200. The Bertz CT molecular complexity index is 599. The molecule has 3 N–H and O–H groups in total. The average molecular weight is 224 g/mol. The molecule has 80 valence electrons. The number of anilines is 1. The third kappa shape index (κ3) is 2.12. The van der Waals surface area contributed by atoms with E-state index in [1.807, 2.05) is 6.07 Å². The highest BCUT2D eigenvalue weighted by Gasteiger charge is 2.09. The molecular weight excluding hydrogens is 212 g/mol. The molecular formula is C10H12N2O2S. The number of benzene rings is 1. The van der Waals surface area contributed by atoms with Crippen LogP contribution in [0.1, 0.15) is 5.56 Å². The van der Waals surface area contributed by atoms with Gasteiger partial charge < -0.3 is 10.7 Å². The van der Waals surface area contributed by atoms with Crippen LogP contribution in [0.15, 0.2) is 24.4 Å². The average Bonchev–Trinajstić information content (AvgIpc) is 2.45. The van der Waals surface area contributed by atoms with Gasteiger partial charge in [-0.05, 0) is 17.7 Å². The molecule has 0 spiro atoms. The molecule has 0 saturated heterocycles. The molecule has 0 amide bonds. The van der Waals surface area contributed by atoms with Crippen LogP contribution < -0.4 is 5.73 Å². The molecule has 4 nitrogen and oxygen atoms in total. The fourth-order valence-electron chi connectivity index (χ4n) is 1.61. The van der Waals surface area contributed by atoms with Crippen molar-refractivity contribution >= 4 is 26.4 Å². The number of sulfone groups is 1. The minimum absolute atomic E-state index is 0.0525. The summed E-state index contributed by atoms with van der Waals surface area (Å²) >= 11 is 0. The number of hydrogen-bond acceptors (Lipinski definition) is 3. The van der Waals surface area contributed by atoms with Crippen molar-refractivity contribution in [3.05, 3.63) is 30.0 Å². The van der Waals surface area contributed by atoms with Crippen LogP contribution in [0, 0.1) is 0 Å². The molecule has 0 saturated carbocycles. The molecule has 0 aliphatic heterocycles. The lowest BCUT2D eigenvalue weighted by Crippen LogP contribution is -1.99. The molecule has 5 heteroatoms. The molecule has 0 atom stereocenters. The van der Waals surface area contributed by atoms with Crippen molar-refractivity contribution in [2.45, 2.75) is 5.75 Å². The summed E-state index contributed by atoms with van der Waals surface area (Å²) in [7, 11) is -3.00. The van der Waals surface area contributed by atoms with E-state index in [0.717, 1.165) is 16.5 Å². The Labute approximate surface area is 88.0 Å². The van der Waals surface area contributed by atoms with E-state index in [2.05, 4.69) is 4.98 Å². The van der Waals surface area contributed by atoms with Gasteiger partial charge in [-0.1, -0.05) is 6.07 Å². The van der Waals surface area contributed by atoms with Crippen molar-refractivity contribution in [3.8, 4) is 0 Å². The number of aromatic amines is 1. The molecule has 1 aromatic heterocycles. The summed E-state index contributed by atoms with van der Waals surface area (Å²) in [6.45, 7) is 0. The van der Waals surface area contributed by atoms with Gasteiger partial charge in [0.25, 0.3) is 0 Å². The van der Waals surface area contributed by atoms with Crippen LogP contribution in [-0.2, 0) is 15.6 Å². The Morgan fingerprint density at radius 1 is 1.40 bits per heavy atom. The second kappa shape index (κ2) is 3.27. The maximum atomic E-state index is 11.2. The van der Waals surface area contributed by atoms with Gasteiger partial charge in [0.15, 0.2) is 9.84 Å². The second-order valence-electron chi connectivity index (χ2n) is 3.69. The maximum absolute atomic E-state index is 11.2. The Balaban J connectivity index is 2.55. The first-order valence-corrected chi connectivity index (χ1v) is 6.55. The van der Waals surface area contributed by atoms with Crippen LogP contribution in [0.4, 0.5) is 5.69 Å². The third-order valence-electron chi connectivity index (χ3n) is 2.21. The van der Waals surface area contributed by atoms with E-state index in [9.17, 15) is 8.42 Å². The zero-order chi connectivity index (χ0) is 11.1. The zero-order valence-corrected chi connectivity index (χ0v) is 9.14. The van der Waals surface area contributed by atoms with Gasteiger partial charge in [-0.3, -0.25) is 0 Å². The molecule has 1 aromatic carbocycles. The highest BCUT2D eigenvalue weighted by atomic mass is 32.2. The smallest absolute Gasteiger partial charge is 0.151 e. The number of aromatic nitrogens is 1. The quantitative estimate of drug-likeness (QED) is 0.755. The van der Waals surface area contributed by atoms with E-state index in [-0.39, 0.29) is 5.75 Å². The summed E-state index contributed by atoms with van der Waals surface area (Å²) in [5.41, 5.74) is 7.94. The summed E-state index contributed by atoms with van der Waals surface area (Å²) < 4.78 is 22.3. The minimum atomic E-state index is -3.00. The van der Waals surface area contributed by atoms with E-state index in [1.54, 1.807) is 18.3 Å². The van der Waals surface area contributed by atoms with Gasteiger partial charge in [-0.2, -0.15) is 0 Å². The molecule has 0 radical (unpaired) electrons. The summed E-state index contributed by atoms with van der Waals surface area (Å²) in [5, 5.41) is 0.912. The highest BCUT2D eigenvalue weighted by molar-refractivity contribution is 7.89. The summed E-state index contributed by atoms with van der Waals surface area (Å²) in [6.07, 6.45) is 2.94. The fourth-order valence-corrected chi connectivity index (χ4v) is 2.41. The first kappa shape index (κ1) is 10.0. The standard InChI is InChI=1S/C10H12N2O2S/c1-15(13,14)6-7-5-12-10-4-8(11)2-3-9(7)10/h2-5,12H,6,11H2,1H3. The van der Waals surface area contributed by atoms with Crippen molar-refractivity contribution in [3.63, 3.8) is 0 Å². The molecule has 1 heterocycles. The number of rotatable bonds is 2. The number of fused-ring (bicyclic) bond motifs is 1. The Morgan fingerprint density at radius 2 is 2.13 bits per heavy atom. The number of nitrogens with two attached hydrogens (primary N) is 1. The molecule has 0 unspecified atom stereocenters. The van der Waals surface area contributed by atoms with E-state index < -0.39 is 9.84 Å². The summed E-state index contributed by atoms with van der Waals surface area (Å²) in [5.74, 6) is 0.0525. The van der Waals surface area contributed by atoms with Crippen LogP contribution in [-0.4, -0.2) is 19.7 Å². The molecule has 0 bridgehead atoms. The SMILES string of the molecule is CS(=O)(=O)Cc1c[nH]c2cc(N)ccc12. The largest absolute Gasteiger partial charge is 0.399 e. The lowest BCUT2D eigenvalue weighted by atomic mass is 10.2. The zero-order valence-electron chi connectivity index (χ0n) is 8.32. The lowest BCUT2D eigenvalue weighted by Gasteiger charge is -1.97. The second-order valence-corrected chi connectivity index (χ2v) is 5.83. The van der Waals surface area contributed by atoms with Crippen molar-refractivity contribution in [1.82, 2.24) is 4.98 Å². The van der Waals surface area contributed by atoms with E-state index in [1.165, 1.54) is 6.26 Å². The molecule has 0 aliphatic carbocycles.